The summed E-state index contributed by atoms with van der Waals surface area (Å²) in [6.45, 7) is 2.29. The Morgan fingerprint density at radius 1 is 1.06 bits per heavy atom. The van der Waals surface area contributed by atoms with Crippen molar-refractivity contribution in [2.24, 2.45) is 11.8 Å². The zero-order chi connectivity index (χ0) is 12.6. The Morgan fingerprint density at radius 3 is 2.44 bits per heavy atom. The summed E-state index contributed by atoms with van der Waals surface area (Å²) in [5.74, 6) is 8.41. The van der Waals surface area contributed by atoms with E-state index in [4.69, 9.17) is 0 Å². The fourth-order valence-corrected chi connectivity index (χ4v) is 2.80. The molecule has 1 aliphatic rings. The molecule has 0 amide bonds. The minimum absolute atomic E-state index is 0.642. The molecule has 0 aliphatic heterocycles. The largest absolute Gasteiger partial charge is 0.0945 e. The number of rotatable bonds is 3. The Hall–Kier alpha value is -1.22. The van der Waals surface area contributed by atoms with Crippen LogP contribution in [0.4, 0.5) is 0 Å². The maximum atomic E-state index is 3.46. The fourth-order valence-electron chi connectivity index (χ4n) is 2.80. The number of hydrogen-bond donors (Lipinski definition) is 0. The van der Waals surface area contributed by atoms with Crippen LogP contribution in [-0.4, -0.2) is 0 Å². The molecule has 1 aliphatic carbocycles. The smallest absolute Gasteiger partial charge is 0.0245 e. The lowest BCUT2D eigenvalue weighted by atomic mass is 9.80. The molecule has 18 heavy (non-hydrogen) atoms. The minimum Gasteiger partial charge on any atom is -0.0945 e. The van der Waals surface area contributed by atoms with Gasteiger partial charge in [-0.25, -0.2) is 0 Å². The van der Waals surface area contributed by atoms with Crippen LogP contribution in [0.5, 0.6) is 0 Å². The monoisotopic (exact) mass is 240 g/mol. The first-order valence-electron chi connectivity index (χ1n) is 7.45. The second-order valence-electron chi connectivity index (χ2n) is 5.50. The van der Waals surface area contributed by atoms with Crippen molar-refractivity contribution in [1.82, 2.24) is 0 Å². The summed E-state index contributed by atoms with van der Waals surface area (Å²) >= 11 is 0. The van der Waals surface area contributed by atoms with Crippen molar-refractivity contribution in [3.8, 4) is 11.8 Å². The van der Waals surface area contributed by atoms with Gasteiger partial charge in [0.05, 0.1) is 0 Å². The molecule has 0 N–H and O–H groups in total. The van der Waals surface area contributed by atoms with Crippen LogP contribution in [0.1, 0.15) is 57.4 Å². The van der Waals surface area contributed by atoms with Gasteiger partial charge in [0.1, 0.15) is 0 Å². The zero-order valence-corrected chi connectivity index (χ0v) is 11.5. The average molecular weight is 240 g/mol. The van der Waals surface area contributed by atoms with Gasteiger partial charge >= 0.3 is 0 Å². The van der Waals surface area contributed by atoms with Crippen LogP contribution in [0.25, 0.3) is 0 Å². The molecule has 0 heterocycles. The second-order valence-corrected chi connectivity index (χ2v) is 5.50. The van der Waals surface area contributed by atoms with Crippen LogP contribution >= 0.6 is 0 Å². The summed E-state index contributed by atoms with van der Waals surface area (Å²) in [5, 5.41) is 0. The van der Waals surface area contributed by atoms with Crippen molar-refractivity contribution < 1.29 is 0 Å². The van der Waals surface area contributed by atoms with E-state index in [0.717, 1.165) is 11.5 Å². The number of benzene rings is 1. The molecule has 2 rings (SSSR count). The van der Waals surface area contributed by atoms with Gasteiger partial charge in [0, 0.05) is 11.5 Å². The van der Waals surface area contributed by atoms with Crippen molar-refractivity contribution >= 4 is 0 Å². The van der Waals surface area contributed by atoms with Gasteiger partial charge in [0.15, 0.2) is 0 Å². The first kappa shape index (κ1) is 13.2. The molecule has 1 saturated carbocycles. The molecule has 0 nitrogen and oxygen atoms in total. The highest BCUT2D eigenvalue weighted by Crippen LogP contribution is 2.31. The van der Waals surface area contributed by atoms with E-state index in [-0.39, 0.29) is 0 Å². The third-order valence-corrected chi connectivity index (χ3v) is 4.01. The Bertz CT molecular complexity index is 385. The Kier molecular flexibility index (Phi) is 5.34. The summed E-state index contributed by atoms with van der Waals surface area (Å²) in [4.78, 5) is 0. The van der Waals surface area contributed by atoms with Crippen LogP contribution in [0.3, 0.4) is 0 Å². The zero-order valence-electron chi connectivity index (χ0n) is 11.5. The van der Waals surface area contributed by atoms with Crippen LogP contribution in [-0.2, 0) is 0 Å². The van der Waals surface area contributed by atoms with Gasteiger partial charge in [-0.2, -0.15) is 0 Å². The average Bonchev–Trinajstić information content (AvgIpc) is 2.45. The first-order valence-corrected chi connectivity index (χ1v) is 7.45. The minimum atomic E-state index is 0.642. The summed E-state index contributed by atoms with van der Waals surface area (Å²) in [7, 11) is 0. The molecule has 1 aromatic rings. The molecule has 0 bridgehead atoms. The van der Waals surface area contributed by atoms with Gasteiger partial charge < -0.3 is 0 Å². The Morgan fingerprint density at radius 2 is 1.78 bits per heavy atom. The van der Waals surface area contributed by atoms with Crippen LogP contribution < -0.4 is 0 Å². The highest BCUT2D eigenvalue weighted by molar-refractivity contribution is 5.34. The van der Waals surface area contributed by atoms with Gasteiger partial charge in [0.2, 0.25) is 0 Å². The molecule has 0 saturated heterocycles. The highest BCUT2D eigenvalue weighted by atomic mass is 14.2. The predicted octanol–water partition coefficient (Wildman–Crippen LogP) is 5.03. The highest BCUT2D eigenvalue weighted by Gasteiger charge is 2.18. The summed E-state index contributed by atoms with van der Waals surface area (Å²) in [6, 6.07) is 10.4. The third-order valence-electron chi connectivity index (χ3n) is 4.01. The van der Waals surface area contributed by atoms with E-state index in [1.165, 1.54) is 44.9 Å². The van der Waals surface area contributed by atoms with E-state index in [2.05, 4.69) is 43.0 Å². The standard InChI is InChI=1S/C18H24/c1-2-3-7-17-11-14-18(15-12-17)13-10-16-8-5-4-6-9-16/h4-6,8-9,17-18H,2-3,7,11-12,14-15H2,1H3. The lowest BCUT2D eigenvalue weighted by Crippen LogP contribution is -2.13. The molecule has 0 radical (unpaired) electrons. The molecule has 0 spiro atoms. The number of unbranched alkanes of at least 4 members (excludes halogenated alkanes) is 1. The normalized spacial score (nSPS) is 23.2. The molecular formula is C18H24. The fraction of sp³-hybridized carbons (Fsp3) is 0.556. The van der Waals surface area contributed by atoms with E-state index < -0.39 is 0 Å². The van der Waals surface area contributed by atoms with Crippen molar-refractivity contribution in [1.29, 1.82) is 0 Å². The Balaban J connectivity index is 1.79. The molecule has 1 aromatic carbocycles. The Labute approximate surface area is 112 Å². The summed E-state index contributed by atoms with van der Waals surface area (Å²) in [5.41, 5.74) is 1.16. The molecule has 0 unspecified atom stereocenters. The molecular weight excluding hydrogens is 216 g/mol. The van der Waals surface area contributed by atoms with Crippen molar-refractivity contribution in [3.63, 3.8) is 0 Å². The van der Waals surface area contributed by atoms with E-state index >= 15 is 0 Å². The SMILES string of the molecule is CCCCC1CCC(C#Cc2ccccc2)CC1. The number of hydrogen-bond acceptors (Lipinski definition) is 0. The van der Waals surface area contributed by atoms with Gasteiger partial charge in [-0.1, -0.05) is 56.2 Å². The maximum absolute atomic E-state index is 3.46. The molecule has 0 heteroatoms. The first-order chi connectivity index (χ1) is 8.88. The molecule has 96 valence electrons. The molecule has 0 aromatic heterocycles. The summed E-state index contributed by atoms with van der Waals surface area (Å²) in [6.07, 6.45) is 9.61. The molecule has 0 atom stereocenters. The van der Waals surface area contributed by atoms with Crippen LogP contribution in [0.15, 0.2) is 30.3 Å². The topological polar surface area (TPSA) is 0 Å². The summed E-state index contributed by atoms with van der Waals surface area (Å²) < 4.78 is 0. The lowest BCUT2D eigenvalue weighted by molar-refractivity contribution is 0.296. The van der Waals surface area contributed by atoms with Gasteiger partial charge in [-0.15, -0.1) is 0 Å². The third kappa shape index (κ3) is 4.22. The van der Waals surface area contributed by atoms with E-state index in [9.17, 15) is 0 Å². The molecule has 1 fully saturated rings. The van der Waals surface area contributed by atoms with Crippen molar-refractivity contribution in [2.75, 3.05) is 0 Å². The van der Waals surface area contributed by atoms with Gasteiger partial charge in [0.25, 0.3) is 0 Å². The quantitative estimate of drug-likeness (QED) is 0.650. The maximum Gasteiger partial charge on any atom is 0.0245 e. The van der Waals surface area contributed by atoms with Gasteiger partial charge in [-0.05, 0) is 43.7 Å². The van der Waals surface area contributed by atoms with Gasteiger partial charge in [-0.3, -0.25) is 0 Å². The van der Waals surface area contributed by atoms with E-state index in [1.807, 2.05) is 6.07 Å². The second kappa shape index (κ2) is 7.27. The van der Waals surface area contributed by atoms with E-state index in [1.54, 1.807) is 0 Å². The van der Waals surface area contributed by atoms with E-state index in [0.29, 0.717) is 5.92 Å². The lowest BCUT2D eigenvalue weighted by Gasteiger charge is -2.25. The van der Waals surface area contributed by atoms with Crippen LogP contribution in [0, 0.1) is 23.7 Å². The van der Waals surface area contributed by atoms with Crippen molar-refractivity contribution in [3.05, 3.63) is 35.9 Å². The van der Waals surface area contributed by atoms with Crippen molar-refractivity contribution in [2.45, 2.75) is 51.9 Å². The predicted molar refractivity (Wildman–Crippen MR) is 78.3 cm³/mol. The van der Waals surface area contributed by atoms with Crippen LogP contribution in [0.2, 0.25) is 0 Å².